The molecule has 0 bridgehead atoms. The predicted octanol–water partition coefficient (Wildman–Crippen LogP) is 0.768. The van der Waals surface area contributed by atoms with Gasteiger partial charge in [0.1, 0.15) is 12.3 Å². The second kappa shape index (κ2) is 9.64. The number of aliphatic carboxylic acids is 1. The van der Waals surface area contributed by atoms with E-state index in [1.165, 1.54) is 40.9 Å². The van der Waals surface area contributed by atoms with Gasteiger partial charge in [-0.15, -0.1) is 11.8 Å². The van der Waals surface area contributed by atoms with Gasteiger partial charge in [-0.1, -0.05) is 0 Å². The van der Waals surface area contributed by atoms with E-state index < -0.39 is 16.0 Å². The van der Waals surface area contributed by atoms with E-state index in [1.807, 2.05) is 0 Å². The average molecular weight is 390 g/mol. The molecule has 0 fully saturated rings. The topological polar surface area (TPSA) is 127 Å². The Bertz CT molecular complexity index is 688. The fraction of sp³-hybridized carbons (Fsp3) is 0.467. The van der Waals surface area contributed by atoms with Crippen molar-refractivity contribution in [3.05, 3.63) is 24.3 Å². The highest BCUT2D eigenvalue weighted by Crippen LogP contribution is 2.15. The summed E-state index contributed by atoms with van der Waals surface area (Å²) in [6, 6.07) is 5.53. The Kier molecular flexibility index (Phi) is 8.20. The zero-order valence-corrected chi connectivity index (χ0v) is 15.7. The van der Waals surface area contributed by atoms with Gasteiger partial charge in [0.2, 0.25) is 15.9 Å². The number of primary sulfonamides is 1. The standard InChI is InChI=1S/C15H22N2O6S2/c1-11(2)17(9-15(19)20)14(18)10-24-8-7-23-12-3-5-13(6-4-12)25(16,21)22/h3-6,11H,7-10H2,1-2H3,(H,19,20)(H2,16,21,22). The van der Waals surface area contributed by atoms with Gasteiger partial charge in [0, 0.05) is 11.8 Å². The molecule has 1 aromatic carbocycles. The second-order valence-electron chi connectivity index (χ2n) is 5.43. The van der Waals surface area contributed by atoms with Gasteiger partial charge in [0.25, 0.3) is 0 Å². The van der Waals surface area contributed by atoms with Gasteiger partial charge in [-0.3, -0.25) is 9.59 Å². The van der Waals surface area contributed by atoms with Crippen molar-refractivity contribution in [3.8, 4) is 5.75 Å². The van der Waals surface area contributed by atoms with Crippen LogP contribution in [0.1, 0.15) is 13.8 Å². The van der Waals surface area contributed by atoms with Gasteiger partial charge in [-0.25, -0.2) is 13.6 Å². The largest absolute Gasteiger partial charge is 0.493 e. The number of thioether (sulfide) groups is 1. The maximum atomic E-state index is 12.0. The average Bonchev–Trinajstić information content (AvgIpc) is 2.51. The maximum Gasteiger partial charge on any atom is 0.323 e. The molecule has 0 aliphatic heterocycles. The number of ether oxygens (including phenoxy) is 1. The normalized spacial score (nSPS) is 11.4. The molecule has 25 heavy (non-hydrogen) atoms. The lowest BCUT2D eigenvalue weighted by molar-refractivity contribution is -0.144. The molecule has 0 atom stereocenters. The van der Waals surface area contributed by atoms with Gasteiger partial charge in [-0.05, 0) is 38.1 Å². The molecule has 3 N–H and O–H groups in total. The van der Waals surface area contributed by atoms with Crippen LogP contribution in [0, 0.1) is 0 Å². The van der Waals surface area contributed by atoms with Crippen LogP contribution in [0.2, 0.25) is 0 Å². The van der Waals surface area contributed by atoms with Crippen LogP contribution in [0.4, 0.5) is 0 Å². The molecule has 0 aromatic heterocycles. The molecule has 0 heterocycles. The van der Waals surface area contributed by atoms with E-state index in [0.717, 1.165) is 0 Å². The molecular weight excluding hydrogens is 368 g/mol. The number of amides is 1. The summed E-state index contributed by atoms with van der Waals surface area (Å²) in [6.07, 6.45) is 0. The quantitative estimate of drug-likeness (QED) is 0.565. The number of hydrogen-bond acceptors (Lipinski definition) is 6. The van der Waals surface area contributed by atoms with Crippen LogP contribution in [0.15, 0.2) is 29.2 Å². The Balaban J connectivity index is 2.36. The number of carbonyl (C=O) groups excluding carboxylic acids is 1. The monoisotopic (exact) mass is 390 g/mol. The van der Waals surface area contributed by atoms with Crippen molar-refractivity contribution < 1.29 is 27.9 Å². The van der Waals surface area contributed by atoms with Crippen molar-refractivity contribution >= 4 is 33.7 Å². The van der Waals surface area contributed by atoms with Gasteiger partial charge in [-0.2, -0.15) is 0 Å². The van der Waals surface area contributed by atoms with Gasteiger partial charge >= 0.3 is 5.97 Å². The third kappa shape index (κ3) is 7.76. The molecule has 0 saturated carbocycles. The van der Waals surface area contributed by atoms with Crippen LogP contribution in [-0.4, -0.2) is 61.0 Å². The minimum absolute atomic E-state index is 0.00651. The summed E-state index contributed by atoms with van der Waals surface area (Å²) < 4.78 is 27.7. The Labute approximate surface area is 151 Å². The lowest BCUT2D eigenvalue weighted by atomic mass is 10.3. The minimum Gasteiger partial charge on any atom is -0.493 e. The Morgan fingerprint density at radius 3 is 2.36 bits per heavy atom. The number of nitrogens with zero attached hydrogens (tertiary/aromatic N) is 1. The van der Waals surface area contributed by atoms with E-state index >= 15 is 0 Å². The van der Waals surface area contributed by atoms with E-state index in [2.05, 4.69) is 0 Å². The third-order valence-corrected chi connectivity index (χ3v) is 4.96. The lowest BCUT2D eigenvalue weighted by Gasteiger charge is -2.24. The number of rotatable bonds is 10. The smallest absolute Gasteiger partial charge is 0.323 e. The summed E-state index contributed by atoms with van der Waals surface area (Å²) in [5.41, 5.74) is 0. The molecule has 0 spiro atoms. The zero-order chi connectivity index (χ0) is 19.0. The van der Waals surface area contributed by atoms with Crippen molar-refractivity contribution in [1.29, 1.82) is 0 Å². The Morgan fingerprint density at radius 1 is 1.28 bits per heavy atom. The fourth-order valence-corrected chi connectivity index (χ4v) is 3.09. The van der Waals surface area contributed by atoms with E-state index in [4.69, 9.17) is 15.0 Å². The highest BCUT2D eigenvalue weighted by atomic mass is 32.2. The summed E-state index contributed by atoms with van der Waals surface area (Å²) in [5.74, 6) is -0.0897. The van der Waals surface area contributed by atoms with Crippen LogP contribution >= 0.6 is 11.8 Å². The number of hydrogen-bond donors (Lipinski definition) is 2. The van der Waals surface area contributed by atoms with Crippen molar-refractivity contribution in [2.45, 2.75) is 24.8 Å². The number of carbonyl (C=O) groups is 2. The maximum absolute atomic E-state index is 12.0. The molecule has 140 valence electrons. The molecule has 1 rings (SSSR count). The number of nitrogens with two attached hydrogens (primary N) is 1. The summed E-state index contributed by atoms with van der Waals surface area (Å²) >= 11 is 1.34. The first-order chi connectivity index (χ1) is 11.6. The molecule has 1 amide bonds. The van der Waals surface area contributed by atoms with Crippen molar-refractivity contribution in [2.24, 2.45) is 5.14 Å². The van der Waals surface area contributed by atoms with Gasteiger partial charge in [0.15, 0.2) is 0 Å². The number of carboxylic acids is 1. The van der Waals surface area contributed by atoms with E-state index in [0.29, 0.717) is 18.1 Å². The second-order valence-corrected chi connectivity index (χ2v) is 8.09. The summed E-state index contributed by atoms with van der Waals surface area (Å²) in [7, 11) is -3.73. The van der Waals surface area contributed by atoms with Gasteiger partial charge < -0.3 is 14.7 Å². The number of benzene rings is 1. The molecule has 0 unspecified atom stereocenters. The summed E-state index contributed by atoms with van der Waals surface area (Å²) in [6.45, 7) is 3.54. The molecule has 0 aliphatic rings. The van der Waals surface area contributed by atoms with Crippen LogP contribution in [0.5, 0.6) is 5.75 Å². The predicted molar refractivity (Wildman–Crippen MR) is 95.1 cm³/mol. The third-order valence-electron chi connectivity index (χ3n) is 3.12. The first kappa shape index (κ1) is 21.3. The van der Waals surface area contributed by atoms with E-state index in [1.54, 1.807) is 13.8 Å². The highest BCUT2D eigenvalue weighted by Gasteiger charge is 2.19. The highest BCUT2D eigenvalue weighted by molar-refractivity contribution is 7.99. The fourth-order valence-electron chi connectivity index (χ4n) is 1.89. The molecular formula is C15H22N2O6S2. The zero-order valence-electron chi connectivity index (χ0n) is 14.0. The Morgan fingerprint density at radius 2 is 1.88 bits per heavy atom. The van der Waals surface area contributed by atoms with E-state index in [-0.39, 0.29) is 29.1 Å². The SMILES string of the molecule is CC(C)N(CC(=O)O)C(=O)CSCCOc1ccc(S(N)(=O)=O)cc1. The van der Waals surface area contributed by atoms with Crippen molar-refractivity contribution in [1.82, 2.24) is 4.90 Å². The molecule has 0 saturated heterocycles. The Hall–Kier alpha value is -1.78. The minimum atomic E-state index is -3.73. The van der Waals surface area contributed by atoms with Crippen LogP contribution in [0.3, 0.4) is 0 Å². The molecule has 0 aliphatic carbocycles. The van der Waals surface area contributed by atoms with Crippen molar-refractivity contribution in [2.75, 3.05) is 24.7 Å². The molecule has 10 heteroatoms. The van der Waals surface area contributed by atoms with Crippen LogP contribution in [0.25, 0.3) is 0 Å². The van der Waals surface area contributed by atoms with Crippen LogP contribution in [-0.2, 0) is 19.6 Å². The molecule has 1 aromatic rings. The lowest BCUT2D eigenvalue weighted by Crippen LogP contribution is -2.41. The van der Waals surface area contributed by atoms with Crippen LogP contribution < -0.4 is 9.88 Å². The van der Waals surface area contributed by atoms with Crippen molar-refractivity contribution in [3.63, 3.8) is 0 Å². The summed E-state index contributed by atoms with van der Waals surface area (Å²) in [4.78, 5) is 24.1. The number of sulfonamides is 1. The molecule has 0 radical (unpaired) electrons. The van der Waals surface area contributed by atoms with Gasteiger partial charge in [0.05, 0.1) is 17.3 Å². The molecule has 8 nitrogen and oxygen atoms in total. The summed E-state index contributed by atoms with van der Waals surface area (Å²) in [5, 5.41) is 13.8. The number of carboxylic acid groups (broad SMARTS) is 1. The first-order valence-electron chi connectivity index (χ1n) is 7.46. The first-order valence-corrected chi connectivity index (χ1v) is 10.2. The van der Waals surface area contributed by atoms with E-state index in [9.17, 15) is 18.0 Å².